The van der Waals surface area contributed by atoms with Gasteiger partial charge in [0.25, 0.3) is 0 Å². The highest BCUT2D eigenvalue weighted by atomic mass is 16.6. The van der Waals surface area contributed by atoms with Crippen LogP contribution in [0.2, 0.25) is 0 Å². The number of hydrogen-bond donors (Lipinski definition) is 2. The fraction of sp³-hybridized carbons (Fsp3) is 0.211. The second kappa shape index (κ2) is 7.77. The first-order valence-electron chi connectivity index (χ1n) is 8.34. The molecule has 8 heteroatoms. The normalized spacial score (nSPS) is 10.7. The van der Waals surface area contributed by atoms with Gasteiger partial charge in [-0.05, 0) is 38.1 Å². The molecule has 1 amide bonds. The van der Waals surface area contributed by atoms with Crippen LogP contribution in [0, 0.1) is 5.41 Å². The Hall–Kier alpha value is -3.55. The Labute approximate surface area is 156 Å². The highest BCUT2D eigenvalue weighted by molar-refractivity contribution is 5.95. The Kier molecular flexibility index (Phi) is 5.25. The molecule has 3 aromatic rings. The minimum Gasteiger partial charge on any atom is -0.497 e. The highest BCUT2D eigenvalue weighted by Crippen LogP contribution is 2.23. The quantitative estimate of drug-likeness (QED) is 0.538. The number of para-hydroxylation sites is 2. The number of imidazole rings is 1. The average Bonchev–Trinajstić information content (AvgIpc) is 2.98. The average molecular weight is 368 g/mol. The zero-order chi connectivity index (χ0) is 19.4. The Morgan fingerprint density at radius 3 is 2.63 bits per heavy atom. The van der Waals surface area contributed by atoms with E-state index in [2.05, 4.69) is 10.3 Å². The standard InChI is InChI=1S/C19H20N4O4/c1-12(2)26-19(24)22-18-21-15-9-4-5-10-16(15)23(18)17(20)27-14-8-6-7-13(11-14)25-3/h4-12,20H,1-3H3,(H,21,22,24). The molecule has 3 rings (SSSR count). The molecule has 0 aliphatic rings. The van der Waals surface area contributed by atoms with E-state index < -0.39 is 6.09 Å². The Bertz CT molecular complexity index is 981. The van der Waals surface area contributed by atoms with Gasteiger partial charge in [0.15, 0.2) is 0 Å². The largest absolute Gasteiger partial charge is 0.497 e. The molecule has 1 heterocycles. The Morgan fingerprint density at radius 2 is 1.89 bits per heavy atom. The molecular formula is C19H20N4O4. The van der Waals surface area contributed by atoms with Gasteiger partial charge in [-0.1, -0.05) is 18.2 Å². The number of hydrogen-bond acceptors (Lipinski definition) is 6. The van der Waals surface area contributed by atoms with Gasteiger partial charge in [0, 0.05) is 6.07 Å². The van der Waals surface area contributed by atoms with Gasteiger partial charge in [-0.15, -0.1) is 0 Å². The number of ether oxygens (including phenoxy) is 3. The lowest BCUT2D eigenvalue weighted by Crippen LogP contribution is -2.24. The SMILES string of the molecule is COc1cccc(OC(=N)n2c(NC(=O)OC(C)C)nc3ccccc32)c1. The molecule has 0 atom stereocenters. The van der Waals surface area contributed by atoms with E-state index in [0.717, 1.165) is 0 Å². The molecule has 27 heavy (non-hydrogen) atoms. The third-order valence-corrected chi connectivity index (χ3v) is 3.58. The molecule has 140 valence electrons. The van der Waals surface area contributed by atoms with Crippen LogP contribution < -0.4 is 14.8 Å². The minimum absolute atomic E-state index is 0.134. The summed E-state index contributed by atoms with van der Waals surface area (Å²) < 4.78 is 17.3. The van der Waals surface area contributed by atoms with Crippen molar-refractivity contribution >= 4 is 29.1 Å². The third kappa shape index (κ3) is 4.17. The highest BCUT2D eigenvalue weighted by Gasteiger charge is 2.19. The van der Waals surface area contributed by atoms with Crippen LogP contribution in [0.15, 0.2) is 48.5 Å². The number of aromatic nitrogens is 2. The zero-order valence-electron chi connectivity index (χ0n) is 15.2. The predicted octanol–water partition coefficient (Wildman–Crippen LogP) is 3.86. The van der Waals surface area contributed by atoms with Crippen molar-refractivity contribution in [1.82, 2.24) is 9.55 Å². The molecule has 0 saturated carbocycles. The number of amides is 1. The van der Waals surface area contributed by atoms with Crippen molar-refractivity contribution in [2.24, 2.45) is 0 Å². The number of nitrogens with zero attached hydrogens (tertiary/aromatic N) is 2. The first kappa shape index (κ1) is 18.2. The molecule has 0 fully saturated rings. The van der Waals surface area contributed by atoms with Crippen molar-refractivity contribution < 1.29 is 19.0 Å². The third-order valence-electron chi connectivity index (χ3n) is 3.58. The lowest BCUT2D eigenvalue weighted by atomic mass is 10.3. The van der Waals surface area contributed by atoms with Crippen LogP contribution in [0.3, 0.4) is 0 Å². The zero-order valence-corrected chi connectivity index (χ0v) is 15.2. The van der Waals surface area contributed by atoms with Gasteiger partial charge in [-0.2, -0.15) is 0 Å². The second-order valence-corrected chi connectivity index (χ2v) is 5.92. The van der Waals surface area contributed by atoms with Crippen molar-refractivity contribution in [2.45, 2.75) is 20.0 Å². The molecule has 0 aliphatic heterocycles. The molecule has 0 spiro atoms. The van der Waals surface area contributed by atoms with Gasteiger partial charge in [0.1, 0.15) is 11.5 Å². The van der Waals surface area contributed by atoms with Crippen molar-refractivity contribution in [3.63, 3.8) is 0 Å². The van der Waals surface area contributed by atoms with Gasteiger partial charge in [0.05, 0.1) is 24.2 Å². The van der Waals surface area contributed by atoms with Crippen LogP contribution in [0.1, 0.15) is 13.8 Å². The second-order valence-electron chi connectivity index (χ2n) is 5.92. The van der Waals surface area contributed by atoms with E-state index in [-0.39, 0.29) is 18.1 Å². The summed E-state index contributed by atoms with van der Waals surface area (Å²) in [7, 11) is 1.55. The van der Waals surface area contributed by atoms with Gasteiger partial charge >= 0.3 is 12.1 Å². The summed E-state index contributed by atoms with van der Waals surface area (Å²) >= 11 is 0. The molecular weight excluding hydrogens is 348 g/mol. The van der Waals surface area contributed by atoms with Crippen molar-refractivity contribution in [3.05, 3.63) is 48.5 Å². The van der Waals surface area contributed by atoms with E-state index in [9.17, 15) is 4.79 Å². The first-order chi connectivity index (χ1) is 13.0. The van der Waals surface area contributed by atoms with Gasteiger partial charge < -0.3 is 14.2 Å². The van der Waals surface area contributed by atoms with Crippen molar-refractivity contribution in [1.29, 1.82) is 5.41 Å². The van der Waals surface area contributed by atoms with Crippen molar-refractivity contribution in [2.75, 3.05) is 12.4 Å². The molecule has 0 saturated heterocycles. The van der Waals surface area contributed by atoms with Gasteiger partial charge in [-0.25, -0.2) is 14.3 Å². The molecule has 2 aromatic carbocycles. The topological polar surface area (TPSA) is 98.5 Å². The maximum Gasteiger partial charge on any atom is 0.414 e. The van der Waals surface area contributed by atoms with Crippen LogP contribution in [-0.2, 0) is 4.74 Å². The molecule has 2 N–H and O–H groups in total. The molecule has 0 radical (unpaired) electrons. The lowest BCUT2D eigenvalue weighted by Gasteiger charge is -2.13. The maximum absolute atomic E-state index is 12.0. The summed E-state index contributed by atoms with van der Waals surface area (Å²) in [5.41, 5.74) is 1.22. The number of benzene rings is 2. The number of carbonyl (C=O) groups is 1. The number of nitrogens with one attached hydrogen (secondary N) is 2. The smallest absolute Gasteiger partial charge is 0.414 e. The predicted molar refractivity (Wildman–Crippen MR) is 102 cm³/mol. The fourth-order valence-corrected chi connectivity index (χ4v) is 2.47. The number of anilines is 1. The molecule has 0 unspecified atom stereocenters. The van der Waals surface area contributed by atoms with Gasteiger partial charge in [0.2, 0.25) is 5.95 Å². The van der Waals surface area contributed by atoms with E-state index in [0.29, 0.717) is 22.5 Å². The van der Waals surface area contributed by atoms with E-state index in [1.807, 2.05) is 12.1 Å². The fourth-order valence-electron chi connectivity index (χ4n) is 2.47. The first-order valence-corrected chi connectivity index (χ1v) is 8.34. The van der Waals surface area contributed by atoms with E-state index >= 15 is 0 Å². The summed E-state index contributed by atoms with van der Waals surface area (Å²) in [6.45, 7) is 3.49. The number of fused-ring (bicyclic) bond motifs is 1. The summed E-state index contributed by atoms with van der Waals surface area (Å²) in [5, 5.41) is 11.0. The van der Waals surface area contributed by atoms with Gasteiger partial charge in [-0.3, -0.25) is 10.7 Å². The summed E-state index contributed by atoms with van der Waals surface area (Å²) in [5.74, 6) is 1.16. The van der Waals surface area contributed by atoms with Crippen LogP contribution in [-0.4, -0.2) is 34.9 Å². The maximum atomic E-state index is 12.0. The lowest BCUT2D eigenvalue weighted by molar-refractivity contribution is 0.129. The summed E-state index contributed by atoms with van der Waals surface area (Å²) in [6, 6.07) is 13.9. The van der Waals surface area contributed by atoms with Crippen LogP contribution in [0.5, 0.6) is 11.5 Å². The number of methoxy groups -OCH3 is 1. The van der Waals surface area contributed by atoms with Crippen LogP contribution in [0.4, 0.5) is 10.7 Å². The molecule has 1 aromatic heterocycles. The van der Waals surface area contributed by atoms with Crippen LogP contribution >= 0.6 is 0 Å². The molecule has 0 aliphatic carbocycles. The van der Waals surface area contributed by atoms with E-state index in [1.165, 1.54) is 4.57 Å². The molecule has 8 nitrogen and oxygen atoms in total. The minimum atomic E-state index is -0.657. The summed E-state index contributed by atoms with van der Waals surface area (Å²) in [6.07, 6.45) is -0.939. The Morgan fingerprint density at radius 1 is 1.15 bits per heavy atom. The van der Waals surface area contributed by atoms with Crippen LogP contribution in [0.25, 0.3) is 11.0 Å². The van der Waals surface area contributed by atoms with E-state index in [1.54, 1.807) is 57.4 Å². The Balaban J connectivity index is 1.94. The van der Waals surface area contributed by atoms with E-state index in [4.69, 9.17) is 19.6 Å². The number of carbonyl (C=O) groups excluding carboxylic acids is 1. The van der Waals surface area contributed by atoms with Crippen molar-refractivity contribution in [3.8, 4) is 11.5 Å². The monoisotopic (exact) mass is 368 g/mol. The number of rotatable bonds is 4. The molecule has 0 bridgehead atoms. The summed E-state index contributed by atoms with van der Waals surface area (Å²) in [4.78, 5) is 16.4.